The number of piperidine rings is 1. The normalized spacial score (nSPS) is 16.0. The molecule has 1 aromatic rings. The van der Waals surface area contributed by atoms with Crippen LogP contribution in [-0.4, -0.2) is 62.6 Å². The van der Waals surface area contributed by atoms with Crippen LogP contribution in [0.4, 0.5) is 0 Å². The third-order valence-corrected chi connectivity index (χ3v) is 4.85. The van der Waals surface area contributed by atoms with Crippen LogP contribution in [0.3, 0.4) is 0 Å². The highest BCUT2D eigenvalue weighted by atomic mass is 16.5. The summed E-state index contributed by atoms with van der Waals surface area (Å²) >= 11 is 0. The van der Waals surface area contributed by atoms with E-state index in [1.165, 1.54) is 6.20 Å². The van der Waals surface area contributed by atoms with E-state index < -0.39 is 0 Å². The number of methoxy groups -OCH3 is 1. The standard InChI is InChI=1S/C20H28N4O2/c1-23-11-8-18(9-12-23)24(2)20(25)17(14-21)15-22-10-7-16-5-4-6-19(13-16)26-3/h4-6,13,15,18,22H,7-12H2,1-3H3/b17-15-. The number of ether oxygens (including phenoxy) is 1. The Morgan fingerprint density at radius 3 is 2.85 bits per heavy atom. The number of rotatable bonds is 7. The lowest BCUT2D eigenvalue weighted by Gasteiger charge is -2.34. The highest BCUT2D eigenvalue weighted by Gasteiger charge is 2.25. The van der Waals surface area contributed by atoms with Crippen LogP contribution in [-0.2, 0) is 11.2 Å². The van der Waals surface area contributed by atoms with Crippen molar-refractivity contribution in [3.05, 3.63) is 41.6 Å². The van der Waals surface area contributed by atoms with Gasteiger partial charge >= 0.3 is 0 Å². The van der Waals surface area contributed by atoms with Crippen LogP contribution in [0, 0.1) is 11.3 Å². The first-order valence-corrected chi connectivity index (χ1v) is 8.97. The quantitative estimate of drug-likeness (QED) is 0.458. The number of likely N-dealkylation sites (N-methyl/N-ethyl adjacent to an activating group) is 1. The molecule has 6 nitrogen and oxygen atoms in total. The molecule has 1 aromatic carbocycles. The summed E-state index contributed by atoms with van der Waals surface area (Å²) in [5.74, 6) is 0.613. The molecule has 0 radical (unpaired) electrons. The van der Waals surface area contributed by atoms with E-state index in [2.05, 4.69) is 17.3 Å². The molecule has 0 aromatic heterocycles. The Morgan fingerprint density at radius 1 is 1.46 bits per heavy atom. The third kappa shape index (κ3) is 5.50. The molecule has 0 spiro atoms. The number of carbonyl (C=O) groups is 1. The fourth-order valence-corrected chi connectivity index (χ4v) is 3.10. The summed E-state index contributed by atoms with van der Waals surface area (Å²) in [4.78, 5) is 16.5. The van der Waals surface area contributed by atoms with Gasteiger partial charge in [0.15, 0.2) is 0 Å². The number of amides is 1. The minimum atomic E-state index is -0.212. The Bertz CT molecular complexity index is 673. The second-order valence-corrected chi connectivity index (χ2v) is 6.68. The van der Waals surface area contributed by atoms with Gasteiger partial charge in [-0.25, -0.2) is 0 Å². The lowest BCUT2D eigenvalue weighted by atomic mass is 10.0. The van der Waals surface area contributed by atoms with Gasteiger partial charge in [-0.3, -0.25) is 4.79 Å². The van der Waals surface area contributed by atoms with Crippen LogP contribution in [0.25, 0.3) is 0 Å². The molecule has 0 bridgehead atoms. The van der Waals surface area contributed by atoms with Gasteiger partial charge in [-0.15, -0.1) is 0 Å². The fourth-order valence-electron chi connectivity index (χ4n) is 3.10. The van der Waals surface area contributed by atoms with E-state index in [1.54, 1.807) is 19.1 Å². The van der Waals surface area contributed by atoms with Crippen LogP contribution < -0.4 is 10.1 Å². The largest absolute Gasteiger partial charge is 0.497 e. The summed E-state index contributed by atoms with van der Waals surface area (Å²) in [6.45, 7) is 2.60. The molecule has 0 aliphatic carbocycles. The predicted molar refractivity (Wildman–Crippen MR) is 102 cm³/mol. The monoisotopic (exact) mass is 356 g/mol. The molecule has 1 N–H and O–H groups in total. The van der Waals surface area contributed by atoms with Crippen LogP contribution in [0.2, 0.25) is 0 Å². The Hall–Kier alpha value is -2.52. The molecule has 6 heteroatoms. The molecular weight excluding hydrogens is 328 g/mol. The van der Waals surface area contributed by atoms with E-state index in [1.807, 2.05) is 30.3 Å². The summed E-state index contributed by atoms with van der Waals surface area (Å²) in [7, 11) is 5.52. The smallest absolute Gasteiger partial charge is 0.265 e. The molecule has 2 rings (SSSR count). The number of nitrogens with zero attached hydrogens (tertiary/aromatic N) is 3. The first-order valence-electron chi connectivity index (χ1n) is 8.97. The molecule has 1 amide bonds. The van der Waals surface area contributed by atoms with Gasteiger partial charge in [0.05, 0.1) is 7.11 Å². The maximum atomic E-state index is 12.6. The van der Waals surface area contributed by atoms with Crippen molar-refractivity contribution in [3.8, 4) is 11.8 Å². The maximum absolute atomic E-state index is 12.6. The fraction of sp³-hybridized carbons (Fsp3) is 0.500. The third-order valence-electron chi connectivity index (χ3n) is 4.85. The van der Waals surface area contributed by atoms with Crippen LogP contribution >= 0.6 is 0 Å². The van der Waals surface area contributed by atoms with Crippen molar-refractivity contribution < 1.29 is 9.53 Å². The highest BCUT2D eigenvalue weighted by molar-refractivity contribution is 5.97. The van der Waals surface area contributed by atoms with Crippen LogP contribution in [0.15, 0.2) is 36.0 Å². The maximum Gasteiger partial charge on any atom is 0.265 e. The van der Waals surface area contributed by atoms with E-state index in [4.69, 9.17) is 4.74 Å². The Kier molecular flexibility index (Phi) is 7.49. The number of likely N-dealkylation sites (tertiary alicyclic amines) is 1. The van der Waals surface area contributed by atoms with E-state index in [-0.39, 0.29) is 17.5 Å². The number of nitriles is 1. The number of hydrogen-bond acceptors (Lipinski definition) is 5. The Morgan fingerprint density at radius 2 is 2.19 bits per heavy atom. The van der Waals surface area contributed by atoms with Crippen molar-refractivity contribution in [2.75, 3.05) is 40.8 Å². The zero-order chi connectivity index (χ0) is 18.9. The van der Waals surface area contributed by atoms with Gasteiger partial charge in [0.25, 0.3) is 5.91 Å². The van der Waals surface area contributed by atoms with Gasteiger partial charge in [-0.2, -0.15) is 5.26 Å². The molecule has 1 aliphatic heterocycles. The lowest BCUT2D eigenvalue weighted by Crippen LogP contribution is -2.45. The first kappa shape index (κ1) is 19.8. The zero-order valence-corrected chi connectivity index (χ0v) is 15.9. The molecule has 26 heavy (non-hydrogen) atoms. The van der Waals surface area contributed by atoms with Crippen LogP contribution in [0.1, 0.15) is 18.4 Å². The summed E-state index contributed by atoms with van der Waals surface area (Å²) < 4.78 is 5.21. The second-order valence-electron chi connectivity index (χ2n) is 6.68. The molecule has 140 valence electrons. The SMILES string of the molecule is COc1cccc(CCN/C=C(/C#N)C(=O)N(C)C2CCN(C)CC2)c1. The van der Waals surface area contributed by atoms with Crippen molar-refractivity contribution in [2.24, 2.45) is 0 Å². The summed E-state index contributed by atoms with van der Waals surface area (Å²) in [6.07, 6.45) is 4.21. The van der Waals surface area contributed by atoms with Gasteiger partial charge in [0, 0.05) is 25.8 Å². The molecule has 1 aliphatic rings. The average Bonchev–Trinajstić information content (AvgIpc) is 2.68. The number of carbonyl (C=O) groups excluding carboxylic acids is 1. The molecule has 0 unspecified atom stereocenters. The highest BCUT2D eigenvalue weighted by Crippen LogP contribution is 2.16. The van der Waals surface area contributed by atoms with E-state index >= 15 is 0 Å². The van der Waals surface area contributed by atoms with Crippen molar-refractivity contribution in [1.29, 1.82) is 5.26 Å². The summed E-state index contributed by atoms with van der Waals surface area (Å²) in [5.41, 5.74) is 1.29. The van der Waals surface area contributed by atoms with Crippen molar-refractivity contribution >= 4 is 5.91 Å². The Labute approximate surface area is 156 Å². The number of benzene rings is 1. The molecule has 1 saturated heterocycles. The van der Waals surface area contributed by atoms with Gasteiger partial charge < -0.3 is 19.9 Å². The van der Waals surface area contributed by atoms with Gasteiger partial charge in [-0.1, -0.05) is 12.1 Å². The molecule has 0 saturated carbocycles. The number of hydrogen-bond donors (Lipinski definition) is 1. The predicted octanol–water partition coefficient (Wildman–Crippen LogP) is 1.79. The molecule has 0 atom stereocenters. The van der Waals surface area contributed by atoms with Crippen molar-refractivity contribution in [2.45, 2.75) is 25.3 Å². The molecular formula is C20H28N4O2. The van der Waals surface area contributed by atoms with Gasteiger partial charge in [-0.05, 0) is 57.1 Å². The van der Waals surface area contributed by atoms with Crippen molar-refractivity contribution in [1.82, 2.24) is 15.1 Å². The van der Waals surface area contributed by atoms with Crippen molar-refractivity contribution in [3.63, 3.8) is 0 Å². The molecule has 1 heterocycles. The van der Waals surface area contributed by atoms with Gasteiger partial charge in [0.2, 0.25) is 0 Å². The minimum absolute atomic E-state index is 0.150. The summed E-state index contributed by atoms with van der Waals surface area (Å²) in [6, 6.07) is 10.1. The zero-order valence-electron chi connectivity index (χ0n) is 15.9. The minimum Gasteiger partial charge on any atom is -0.497 e. The molecule has 1 fully saturated rings. The average molecular weight is 356 g/mol. The van der Waals surface area contributed by atoms with E-state index in [0.717, 1.165) is 43.7 Å². The first-order chi connectivity index (χ1) is 12.5. The number of nitrogens with one attached hydrogen (secondary N) is 1. The lowest BCUT2D eigenvalue weighted by molar-refractivity contribution is -0.128. The topological polar surface area (TPSA) is 68.6 Å². The van der Waals surface area contributed by atoms with Crippen LogP contribution in [0.5, 0.6) is 5.75 Å². The Balaban J connectivity index is 1.86. The second kappa shape index (κ2) is 9.83. The van der Waals surface area contributed by atoms with Gasteiger partial charge in [0.1, 0.15) is 17.4 Å². The van der Waals surface area contributed by atoms with E-state index in [0.29, 0.717) is 6.54 Å². The van der Waals surface area contributed by atoms with E-state index in [9.17, 15) is 10.1 Å². The summed E-state index contributed by atoms with van der Waals surface area (Å²) in [5, 5.41) is 12.4.